The first-order chi connectivity index (χ1) is 12.5. The van der Waals surface area contributed by atoms with E-state index in [0.29, 0.717) is 12.8 Å². The van der Waals surface area contributed by atoms with Crippen LogP contribution in [0.5, 0.6) is 0 Å². The number of hydrogen-bond donors (Lipinski definition) is 0. The third-order valence-corrected chi connectivity index (χ3v) is 5.66. The summed E-state index contributed by atoms with van der Waals surface area (Å²) in [5.41, 5.74) is 0. The Morgan fingerprint density at radius 2 is 1.22 bits per heavy atom. The standard InChI is InChI=1S/C21H40O4S.Na.H/c1-3-5-6-7-8-9-10-11-12-13-14-15-16-17-18-19-21(22)25-26(23,24)20-4-2;;/h11-12H,3-10,13-20H2,1-2H3;;/b12-11-;;. The minimum absolute atomic E-state index is 0. The summed E-state index contributed by atoms with van der Waals surface area (Å²) in [5, 5.41) is 0. The molecule has 0 fully saturated rings. The number of carbonyl (C=O) groups excluding carboxylic acids is 1. The predicted octanol–water partition coefficient (Wildman–Crippen LogP) is 5.66. The number of hydrogen-bond acceptors (Lipinski definition) is 4. The van der Waals surface area contributed by atoms with Crippen LogP contribution in [0.3, 0.4) is 0 Å². The Bertz CT molecular complexity index is 461. The van der Waals surface area contributed by atoms with Crippen LogP contribution in [0.4, 0.5) is 0 Å². The van der Waals surface area contributed by atoms with E-state index in [9.17, 15) is 13.2 Å². The van der Waals surface area contributed by atoms with Gasteiger partial charge >= 0.3 is 45.6 Å². The Labute approximate surface area is 190 Å². The SMILES string of the molecule is CCCCCCCC/C=C\CCCCCCCC(=O)OS(=O)(=O)CCC.[NaH]. The van der Waals surface area contributed by atoms with E-state index in [0.717, 1.165) is 25.7 Å². The molecule has 0 bridgehead atoms. The van der Waals surface area contributed by atoms with Crippen molar-refractivity contribution in [3.63, 3.8) is 0 Å². The third kappa shape index (κ3) is 22.3. The van der Waals surface area contributed by atoms with Crippen molar-refractivity contribution in [3.8, 4) is 0 Å². The second-order valence-corrected chi connectivity index (χ2v) is 8.74. The molecular formula is C21H41NaO4S. The molecule has 0 heterocycles. The van der Waals surface area contributed by atoms with Crippen LogP contribution in [0.25, 0.3) is 0 Å². The minimum atomic E-state index is -3.66. The number of carbonyl (C=O) groups is 1. The van der Waals surface area contributed by atoms with Gasteiger partial charge in [-0.2, -0.15) is 8.42 Å². The Kier molecular flexibility index (Phi) is 22.7. The van der Waals surface area contributed by atoms with Crippen LogP contribution in [0.2, 0.25) is 0 Å². The molecule has 6 heteroatoms. The van der Waals surface area contributed by atoms with E-state index in [2.05, 4.69) is 23.3 Å². The van der Waals surface area contributed by atoms with E-state index in [1.54, 1.807) is 6.92 Å². The Morgan fingerprint density at radius 1 is 0.741 bits per heavy atom. The molecule has 0 saturated carbocycles. The summed E-state index contributed by atoms with van der Waals surface area (Å²) in [6.07, 6.45) is 20.8. The molecule has 0 aliphatic carbocycles. The van der Waals surface area contributed by atoms with Gasteiger partial charge in [0.05, 0.1) is 5.75 Å². The van der Waals surface area contributed by atoms with Crippen molar-refractivity contribution >= 4 is 45.6 Å². The first-order valence-electron chi connectivity index (χ1n) is 10.6. The van der Waals surface area contributed by atoms with E-state index in [1.807, 2.05) is 0 Å². The van der Waals surface area contributed by atoms with Crippen molar-refractivity contribution in [2.45, 2.75) is 110 Å². The Balaban J connectivity index is 0. The topological polar surface area (TPSA) is 60.4 Å². The van der Waals surface area contributed by atoms with Crippen LogP contribution in [0.1, 0.15) is 110 Å². The molecule has 4 nitrogen and oxygen atoms in total. The maximum atomic E-state index is 11.5. The molecule has 0 atom stereocenters. The van der Waals surface area contributed by atoms with Gasteiger partial charge in [0, 0.05) is 6.42 Å². The quantitative estimate of drug-likeness (QED) is 0.126. The summed E-state index contributed by atoms with van der Waals surface area (Å²) in [5.74, 6) is -0.707. The van der Waals surface area contributed by atoms with Crippen LogP contribution in [0.15, 0.2) is 12.2 Å². The van der Waals surface area contributed by atoms with Gasteiger partial charge in [0.2, 0.25) is 0 Å². The average Bonchev–Trinajstić information content (AvgIpc) is 2.57. The normalized spacial score (nSPS) is 11.5. The summed E-state index contributed by atoms with van der Waals surface area (Å²) < 4.78 is 27.2. The van der Waals surface area contributed by atoms with E-state index in [-0.39, 0.29) is 41.7 Å². The van der Waals surface area contributed by atoms with E-state index < -0.39 is 16.1 Å². The van der Waals surface area contributed by atoms with Crippen molar-refractivity contribution < 1.29 is 17.4 Å². The third-order valence-electron chi connectivity index (χ3n) is 4.32. The molecule has 0 radical (unpaired) electrons. The Morgan fingerprint density at radius 3 is 1.74 bits per heavy atom. The fraction of sp³-hybridized carbons (Fsp3) is 0.857. The molecule has 0 aliphatic rings. The summed E-state index contributed by atoms with van der Waals surface area (Å²) in [6.45, 7) is 3.99. The molecule has 0 aromatic heterocycles. The Hall–Kier alpha value is 0.160. The summed E-state index contributed by atoms with van der Waals surface area (Å²) >= 11 is 0. The molecule has 0 aromatic rings. The van der Waals surface area contributed by atoms with E-state index in [1.165, 1.54) is 51.4 Å². The van der Waals surface area contributed by atoms with Crippen molar-refractivity contribution in [1.82, 2.24) is 0 Å². The fourth-order valence-electron chi connectivity index (χ4n) is 2.82. The zero-order valence-electron chi connectivity index (χ0n) is 17.0. The van der Waals surface area contributed by atoms with Gasteiger partial charge in [-0.25, -0.2) is 0 Å². The van der Waals surface area contributed by atoms with Crippen LogP contribution < -0.4 is 0 Å². The zero-order valence-corrected chi connectivity index (χ0v) is 17.8. The van der Waals surface area contributed by atoms with Gasteiger partial charge in [-0.1, -0.05) is 77.4 Å². The first kappa shape index (κ1) is 29.4. The zero-order chi connectivity index (χ0) is 19.5. The van der Waals surface area contributed by atoms with Gasteiger partial charge in [0.15, 0.2) is 0 Å². The van der Waals surface area contributed by atoms with Gasteiger partial charge < -0.3 is 4.18 Å². The van der Waals surface area contributed by atoms with E-state index in [4.69, 9.17) is 0 Å². The second-order valence-electron chi connectivity index (χ2n) is 7.05. The van der Waals surface area contributed by atoms with Crippen LogP contribution >= 0.6 is 0 Å². The van der Waals surface area contributed by atoms with Crippen LogP contribution in [-0.4, -0.2) is 49.7 Å². The molecule has 156 valence electrons. The summed E-state index contributed by atoms with van der Waals surface area (Å²) in [7, 11) is -3.66. The molecule has 27 heavy (non-hydrogen) atoms. The molecule has 0 N–H and O–H groups in total. The van der Waals surface area contributed by atoms with Crippen molar-refractivity contribution in [3.05, 3.63) is 12.2 Å². The van der Waals surface area contributed by atoms with Gasteiger partial charge in [0.25, 0.3) is 0 Å². The molecule has 0 amide bonds. The first-order valence-corrected chi connectivity index (χ1v) is 12.2. The number of allylic oxidation sites excluding steroid dienone is 2. The van der Waals surface area contributed by atoms with Gasteiger partial charge in [-0.3, -0.25) is 4.79 Å². The molecule has 0 unspecified atom stereocenters. The molecule has 0 aromatic carbocycles. The van der Waals surface area contributed by atoms with Gasteiger partial charge in [0.1, 0.15) is 0 Å². The number of rotatable bonds is 18. The predicted molar refractivity (Wildman–Crippen MR) is 117 cm³/mol. The van der Waals surface area contributed by atoms with E-state index >= 15 is 0 Å². The van der Waals surface area contributed by atoms with Crippen molar-refractivity contribution in [2.24, 2.45) is 0 Å². The number of unbranched alkanes of at least 4 members (excludes halogenated alkanes) is 11. The maximum absolute atomic E-state index is 11.5. The van der Waals surface area contributed by atoms with Crippen molar-refractivity contribution in [1.29, 1.82) is 0 Å². The van der Waals surface area contributed by atoms with Crippen LogP contribution in [-0.2, 0) is 19.1 Å². The summed E-state index contributed by atoms with van der Waals surface area (Å²) in [6, 6.07) is 0. The van der Waals surface area contributed by atoms with Gasteiger partial charge in [-0.15, -0.1) is 0 Å². The van der Waals surface area contributed by atoms with Gasteiger partial charge in [-0.05, 0) is 38.5 Å². The molecule has 0 aliphatic heterocycles. The molecule has 0 saturated heterocycles. The monoisotopic (exact) mass is 412 g/mol. The summed E-state index contributed by atoms with van der Waals surface area (Å²) in [4.78, 5) is 11.5. The fourth-order valence-corrected chi connectivity index (χ4v) is 3.76. The molecular weight excluding hydrogens is 371 g/mol. The molecule has 0 rings (SSSR count). The van der Waals surface area contributed by atoms with Crippen molar-refractivity contribution in [2.75, 3.05) is 5.75 Å². The second kappa shape index (κ2) is 20.9. The average molecular weight is 413 g/mol. The van der Waals surface area contributed by atoms with Crippen LogP contribution in [0, 0.1) is 0 Å². The molecule has 0 spiro atoms.